The van der Waals surface area contributed by atoms with Crippen LogP contribution in [0.5, 0.6) is 0 Å². The first-order valence-electron chi connectivity index (χ1n) is 8.19. The lowest BCUT2D eigenvalue weighted by Crippen LogP contribution is -2.26. The van der Waals surface area contributed by atoms with Crippen molar-refractivity contribution in [1.82, 2.24) is 15.1 Å². The summed E-state index contributed by atoms with van der Waals surface area (Å²) >= 11 is 7.83. The molecule has 0 saturated heterocycles. The van der Waals surface area contributed by atoms with Crippen LogP contribution in [0.1, 0.15) is 12.0 Å². The molecule has 2 aromatic carbocycles. The number of carbonyl (C=O) groups is 1. The molecule has 0 radical (unpaired) electrons. The molecular weight excluding hydrogens is 354 g/mol. The van der Waals surface area contributed by atoms with E-state index < -0.39 is 0 Å². The number of nitrogens with zero attached hydrogens (tertiary/aromatic N) is 2. The topological polar surface area (TPSA) is 46.9 Å². The minimum atomic E-state index is 0.0331. The van der Waals surface area contributed by atoms with Crippen LogP contribution in [0, 0.1) is 6.92 Å². The summed E-state index contributed by atoms with van der Waals surface area (Å²) in [6, 6.07) is 11.9. The fourth-order valence-corrected chi connectivity index (χ4v) is 3.91. The van der Waals surface area contributed by atoms with Gasteiger partial charge in [0.15, 0.2) is 0 Å². The maximum atomic E-state index is 12.1. The van der Waals surface area contributed by atoms with Gasteiger partial charge in [0.2, 0.25) is 5.91 Å². The zero-order valence-corrected chi connectivity index (χ0v) is 15.6. The number of aromatic nitrogens is 2. The molecule has 0 aliphatic heterocycles. The maximum absolute atomic E-state index is 12.1. The zero-order chi connectivity index (χ0) is 17.6. The third-order valence-electron chi connectivity index (χ3n) is 3.82. The number of fused-ring (bicyclic) bond motifs is 1. The molecule has 4 nitrogen and oxygen atoms in total. The first-order valence-corrected chi connectivity index (χ1v) is 9.55. The molecule has 0 aliphatic rings. The predicted octanol–water partition coefficient (Wildman–Crippen LogP) is 4.30. The summed E-state index contributed by atoms with van der Waals surface area (Å²) < 4.78 is 1.90. The fraction of sp³-hybridized carbons (Fsp3) is 0.263. The summed E-state index contributed by atoms with van der Waals surface area (Å²) in [4.78, 5) is 13.1. The number of aryl methyl sites for hydroxylation is 2. The van der Waals surface area contributed by atoms with Gasteiger partial charge in [0.05, 0.1) is 11.9 Å². The molecule has 25 heavy (non-hydrogen) atoms. The van der Waals surface area contributed by atoms with Crippen molar-refractivity contribution >= 4 is 40.0 Å². The predicted molar refractivity (Wildman–Crippen MR) is 104 cm³/mol. The summed E-state index contributed by atoms with van der Waals surface area (Å²) in [6.07, 6.45) is 4.70. The number of hydrogen-bond donors (Lipinski definition) is 1. The van der Waals surface area contributed by atoms with Gasteiger partial charge in [-0.05, 0) is 36.4 Å². The normalized spacial score (nSPS) is 11.0. The van der Waals surface area contributed by atoms with Gasteiger partial charge in [-0.1, -0.05) is 35.9 Å². The first-order chi connectivity index (χ1) is 12.1. The maximum Gasteiger partial charge on any atom is 0.230 e. The Hall–Kier alpha value is -1.98. The first kappa shape index (κ1) is 17.8. The Morgan fingerprint density at radius 2 is 2.08 bits per heavy atom. The molecule has 0 atom stereocenters. The molecule has 1 N–H and O–H groups in total. The number of halogens is 1. The van der Waals surface area contributed by atoms with Gasteiger partial charge in [-0.2, -0.15) is 5.10 Å². The Labute approximate surface area is 156 Å². The van der Waals surface area contributed by atoms with Crippen molar-refractivity contribution in [3.63, 3.8) is 0 Å². The SMILES string of the molecule is Cc1cnn(CCCNC(=O)CSc2cccc3cccc(Cl)c23)c1. The van der Waals surface area contributed by atoms with Gasteiger partial charge in [0, 0.05) is 34.6 Å². The lowest BCUT2D eigenvalue weighted by molar-refractivity contribution is -0.118. The number of amides is 1. The highest BCUT2D eigenvalue weighted by atomic mass is 35.5. The largest absolute Gasteiger partial charge is 0.355 e. The molecule has 1 aromatic heterocycles. The molecule has 3 rings (SSSR count). The molecule has 1 amide bonds. The molecule has 0 unspecified atom stereocenters. The Balaban J connectivity index is 1.48. The monoisotopic (exact) mass is 373 g/mol. The van der Waals surface area contributed by atoms with Crippen molar-refractivity contribution in [3.8, 4) is 0 Å². The summed E-state index contributed by atoms with van der Waals surface area (Å²) in [5.74, 6) is 0.413. The fourth-order valence-electron chi connectivity index (χ4n) is 2.63. The van der Waals surface area contributed by atoms with Crippen LogP contribution in [0.2, 0.25) is 5.02 Å². The van der Waals surface area contributed by atoms with E-state index in [2.05, 4.69) is 10.4 Å². The number of rotatable bonds is 7. The van der Waals surface area contributed by atoms with Gasteiger partial charge in [0.25, 0.3) is 0 Å². The van der Waals surface area contributed by atoms with Gasteiger partial charge >= 0.3 is 0 Å². The molecule has 0 bridgehead atoms. The van der Waals surface area contributed by atoms with Gasteiger partial charge in [0.1, 0.15) is 0 Å². The molecule has 130 valence electrons. The van der Waals surface area contributed by atoms with E-state index in [1.165, 1.54) is 11.8 Å². The third kappa shape index (κ3) is 4.77. The van der Waals surface area contributed by atoms with Crippen molar-refractivity contribution in [2.45, 2.75) is 24.8 Å². The molecule has 0 fully saturated rings. The highest BCUT2D eigenvalue weighted by Gasteiger charge is 2.08. The number of nitrogens with one attached hydrogen (secondary N) is 1. The Kier molecular flexibility index (Phi) is 6.00. The van der Waals surface area contributed by atoms with Crippen LogP contribution in [0.25, 0.3) is 10.8 Å². The van der Waals surface area contributed by atoms with Crippen LogP contribution < -0.4 is 5.32 Å². The van der Waals surface area contributed by atoms with E-state index in [0.717, 1.165) is 39.2 Å². The van der Waals surface area contributed by atoms with Crippen LogP contribution in [-0.2, 0) is 11.3 Å². The molecule has 0 saturated carbocycles. The lowest BCUT2D eigenvalue weighted by Gasteiger charge is -2.09. The van der Waals surface area contributed by atoms with Crippen LogP contribution in [0.4, 0.5) is 0 Å². The summed E-state index contributed by atoms with van der Waals surface area (Å²) in [6.45, 7) is 3.47. The number of benzene rings is 2. The van der Waals surface area contributed by atoms with E-state index in [0.29, 0.717) is 12.3 Å². The van der Waals surface area contributed by atoms with Gasteiger partial charge in [-0.25, -0.2) is 0 Å². The zero-order valence-electron chi connectivity index (χ0n) is 14.0. The Morgan fingerprint density at radius 3 is 2.84 bits per heavy atom. The second kappa shape index (κ2) is 8.41. The van der Waals surface area contributed by atoms with E-state index >= 15 is 0 Å². The minimum Gasteiger partial charge on any atom is -0.355 e. The highest BCUT2D eigenvalue weighted by Crippen LogP contribution is 2.32. The smallest absolute Gasteiger partial charge is 0.230 e. The van der Waals surface area contributed by atoms with Crippen LogP contribution in [-0.4, -0.2) is 28.0 Å². The molecular formula is C19H20ClN3OS. The number of hydrogen-bond acceptors (Lipinski definition) is 3. The second-order valence-corrected chi connectivity index (χ2v) is 7.29. The van der Waals surface area contributed by atoms with Crippen molar-refractivity contribution in [1.29, 1.82) is 0 Å². The van der Waals surface area contributed by atoms with E-state index in [1.54, 1.807) is 0 Å². The van der Waals surface area contributed by atoms with Crippen molar-refractivity contribution in [2.75, 3.05) is 12.3 Å². The summed E-state index contributed by atoms with van der Waals surface area (Å²) in [5.41, 5.74) is 1.15. The highest BCUT2D eigenvalue weighted by molar-refractivity contribution is 8.00. The van der Waals surface area contributed by atoms with Crippen molar-refractivity contribution < 1.29 is 4.79 Å². The number of thioether (sulfide) groups is 1. The molecule has 0 spiro atoms. The Morgan fingerprint density at radius 1 is 1.28 bits per heavy atom. The molecule has 6 heteroatoms. The second-order valence-electron chi connectivity index (χ2n) is 5.87. The average molecular weight is 374 g/mol. The molecule has 1 heterocycles. The molecule has 3 aromatic rings. The van der Waals surface area contributed by atoms with E-state index in [1.807, 2.05) is 60.4 Å². The van der Waals surface area contributed by atoms with E-state index in [4.69, 9.17) is 11.6 Å². The van der Waals surface area contributed by atoms with Gasteiger partial charge in [-0.3, -0.25) is 9.48 Å². The van der Waals surface area contributed by atoms with Crippen LogP contribution in [0.3, 0.4) is 0 Å². The number of carbonyl (C=O) groups excluding carboxylic acids is 1. The Bertz CT molecular complexity index is 873. The van der Waals surface area contributed by atoms with E-state index in [-0.39, 0.29) is 5.91 Å². The standard InChI is InChI=1S/C19H20ClN3OS/c1-14-11-22-23(12-14)10-4-9-21-18(24)13-25-17-8-3-6-15-5-2-7-16(20)19(15)17/h2-3,5-8,11-12H,4,9-10,13H2,1H3,(H,21,24). The summed E-state index contributed by atoms with van der Waals surface area (Å²) in [7, 11) is 0. The quantitative estimate of drug-likeness (QED) is 0.496. The molecule has 0 aliphatic carbocycles. The van der Waals surface area contributed by atoms with Crippen molar-refractivity contribution in [3.05, 3.63) is 59.4 Å². The minimum absolute atomic E-state index is 0.0331. The lowest BCUT2D eigenvalue weighted by atomic mass is 10.1. The average Bonchev–Trinajstić information content (AvgIpc) is 3.02. The van der Waals surface area contributed by atoms with Crippen molar-refractivity contribution in [2.24, 2.45) is 0 Å². The van der Waals surface area contributed by atoms with Gasteiger partial charge in [-0.15, -0.1) is 11.8 Å². The third-order valence-corrected chi connectivity index (χ3v) is 5.20. The van der Waals surface area contributed by atoms with E-state index in [9.17, 15) is 4.79 Å². The van der Waals surface area contributed by atoms with Gasteiger partial charge < -0.3 is 5.32 Å². The van der Waals surface area contributed by atoms with Crippen LogP contribution in [0.15, 0.2) is 53.7 Å². The summed E-state index contributed by atoms with van der Waals surface area (Å²) in [5, 5.41) is 10.0. The van der Waals surface area contributed by atoms with Crippen LogP contribution >= 0.6 is 23.4 Å².